The van der Waals surface area contributed by atoms with E-state index in [1.165, 1.54) is 4.31 Å². The van der Waals surface area contributed by atoms with Gasteiger partial charge in [0.25, 0.3) is 0 Å². The van der Waals surface area contributed by atoms with Crippen LogP contribution in [0.4, 0.5) is 0 Å². The van der Waals surface area contributed by atoms with E-state index in [2.05, 4.69) is 5.32 Å². The molecule has 124 valence electrons. The average Bonchev–Trinajstić information content (AvgIpc) is 2.86. The van der Waals surface area contributed by atoms with E-state index < -0.39 is 10.0 Å². The fourth-order valence-electron chi connectivity index (χ4n) is 2.17. The number of carbonyl (C=O) groups is 1. The summed E-state index contributed by atoms with van der Waals surface area (Å²) in [6, 6.07) is 0. The highest BCUT2D eigenvalue weighted by atomic mass is 32.2. The maximum atomic E-state index is 11.9. The maximum Gasteiger partial charge on any atom is 0.235 e. The molecule has 0 radical (unpaired) electrons. The highest BCUT2D eigenvalue weighted by Gasteiger charge is 2.21. The van der Waals surface area contributed by atoms with Crippen molar-refractivity contribution in [2.24, 2.45) is 0 Å². The number of hydrogen-bond acceptors (Lipinski definition) is 5. The standard InChI is InChI=1S/C13H27N3O4S/c1-15(2)7-5-8-16(21(3,18)19)11-13(17)14-10-12-6-4-9-20-12/h12H,4-11H2,1-3H3,(H,14,17). The molecule has 0 aliphatic carbocycles. The first-order valence-electron chi connectivity index (χ1n) is 7.27. The van der Waals surface area contributed by atoms with Crippen molar-refractivity contribution in [3.63, 3.8) is 0 Å². The summed E-state index contributed by atoms with van der Waals surface area (Å²) >= 11 is 0. The second-order valence-corrected chi connectivity index (χ2v) is 7.67. The van der Waals surface area contributed by atoms with Gasteiger partial charge < -0.3 is 15.0 Å². The summed E-state index contributed by atoms with van der Waals surface area (Å²) in [5.74, 6) is -0.277. The van der Waals surface area contributed by atoms with Crippen molar-refractivity contribution in [2.45, 2.75) is 25.4 Å². The molecule has 1 N–H and O–H groups in total. The number of carbonyl (C=O) groups excluding carboxylic acids is 1. The minimum Gasteiger partial charge on any atom is -0.376 e. The summed E-state index contributed by atoms with van der Waals surface area (Å²) in [6.45, 7) is 2.20. The lowest BCUT2D eigenvalue weighted by Crippen LogP contribution is -2.43. The van der Waals surface area contributed by atoms with Gasteiger partial charge in [-0.25, -0.2) is 8.42 Å². The smallest absolute Gasteiger partial charge is 0.235 e. The Hall–Kier alpha value is -0.700. The van der Waals surface area contributed by atoms with Crippen LogP contribution in [0.1, 0.15) is 19.3 Å². The number of ether oxygens (including phenoxy) is 1. The second-order valence-electron chi connectivity index (χ2n) is 5.69. The molecule has 1 aliphatic heterocycles. The number of hydrogen-bond donors (Lipinski definition) is 1. The van der Waals surface area contributed by atoms with Gasteiger partial charge in [-0.2, -0.15) is 4.31 Å². The van der Waals surface area contributed by atoms with Crippen molar-refractivity contribution in [3.8, 4) is 0 Å². The third-order valence-corrected chi connectivity index (χ3v) is 4.60. The van der Waals surface area contributed by atoms with Crippen molar-refractivity contribution in [2.75, 3.05) is 53.1 Å². The molecule has 0 bridgehead atoms. The molecule has 0 aromatic carbocycles. The van der Waals surface area contributed by atoms with E-state index >= 15 is 0 Å². The van der Waals surface area contributed by atoms with Crippen LogP contribution in [0.3, 0.4) is 0 Å². The van der Waals surface area contributed by atoms with Crippen LogP contribution in [-0.2, 0) is 19.6 Å². The normalized spacial score (nSPS) is 19.4. The monoisotopic (exact) mass is 321 g/mol. The molecule has 1 saturated heterocycles. The molecule has 1 rings (SSSR count). The van der Waals surface area contributed by atoms with Crippen molar-refractivity contribution >= 4 is 15.9 Å². The van der Waals surface area contributed by atoms with Crippen molar-refractivity contribution in [1.29, 1.82) is 0 Å². The quantitative estimate of drug-likeness (QED) is 0.619. The predicted molar refractivity (Wildman–Crippen MR) is 81.6 cm³/mol. The lowest BCUT2D eigenvalue weighted by Gasteiger charge is -2.21. The van der Waals surface area contributed by atoms with Gasteiger partial charge in [0.1, 0.15) is 0 Å². The first kappa shape index (κ1) is 18.3. The Bertz CT molecular complexity index is 419. The van der Waals surface area contributed by atoms with Crippen LogP contribution < -0.4 is 5.32 Å². The second kappa shape index (κ2) is 8.67. The van der Waals surface area contributed by atoms with E-state index in [1.807, 2.05) is 19.0 Å². The molecule has 8 heteroatoms. The van der Waals surface area contributed by atoms with Gasteiger partial charge in [0, 0.05) is 19.7 Å². The number of nitrogens with zero attached hydrogens (tertiary/aromatic N) is 2. The van der Waals surface area contributed by atoms with E-state index in [1.54, 1.807) is 0 Å². The van der Waals surface area contributed by atoms with Crippen LogP contribution in [0.15, 0.2) is 0 Å². The molecule has 21 heavy (non-hydrogen) atoms. The average molecular weight is 321 g/mol. The Morgan fingerprint density at radius 3 is 2.57 bits per heavy atom. The molecule has 1 atom stereocenters. The Labute approximate surface area is 127 Å². The van der Waals surface area contributed by atoms with Crippen LogP contribution >= 0.6 is 0 Å². The predicted octanol–water partition coefficient (Wildman–Crippen LogP) is -0.505. The van der Waals surface area contributed by atoms with Gasteiger partial charge in [-0.15, -0.1) is 0 Å². The largest absolute Gasteiger partial charge is 0.376 e. The molecule has 0 spiro atoms. The Morgan fingerprint density at radius 1 is 1.33 bits per heavy atom. The van der Waals surface area contributed by atoms with Crippen molar-refractivity contribution < 1.29 is 17.9 Å². The molecule has 1 amide bonds. The summed E-state index contributed by atoms with van der Waals surface area (Å²) in [6.07, 6.45) is 3.85. The van der Waals surface area contributed by atoms with Gasteiger partial charge in [-0.1, -0.05) is 0 Å². The molecule has 0 saturated carbocycles. The SMILES string of the molecule is CN(C)CCCN(CC(=O)NCC1CCCO1)S(C)(=O)=O. The zero-order chi connectivity index (χ0) is 15.9. The van der Waals surface area contributed by atoms with Gasteiger partial charge in [0.05, 0.1) is 18.9 Å². The van der Waals surface area contributed by atoms with E-state index in [0.29, 0.717) is 19.5 Å². The van der Waals surface area contributed by atoms with E-state index in [-0.39, 0.29) is 18.6 Å². The first-order chi connectivity index (χ1) is 9.79. The number of nitrogens with one attached hydrogen (secondary N) is 1. The van der Waals surface area contributed by atoms with E-state index in [4.69, 9.17) is 4.74 Å². The van der Waals surface area contributed by atoms with Crippen molar-refractivity contribution in [1.82, 2.24) is 14.5 Å². The summed E-state index contributed by atoms with van der Waals surface area (Å²) in [4.78, 5) is 13.9. The molecule has 0 aromatic heterocycles. The van der Waals surface area contributed by atoms with Gasteiger partial charge in [-0.05, 0) is 39.9 Å². The summed E-state index contributed by atoms with van der Waals surface area (Å²) in [5, 5.41) is 2.75. The Balaban J connectivity index is 2.38. The maximum absolute atomic E-state index is 11.9. The van der Waals surface area contributed by atoms with Crippen LogP contribution in [0.25, 0.3) is 0 Å². The third kappa shape index (κ3) is 7.75. The lowest BCUT2D eigenvalue weighted by atomic mass is 10.2. The molecular formula is C13H27N3O4S. The number of sulfonamides is 1. The number of rotatable bonds is 9. The molecule has 1 unspecified atom stereocenters. The Morgan fingerprint density at radius 2 is 2.05 bits per heavy atom. The highest BCUT2D eigenvalue weighted by molar-refractivity contribution is 7.88. The summed E-state index contributed by atoms with van der Waals surface area (Å²) in [7, 11) is 0.487. The van der Waals surface area contributed by atoms with Crippen LogP contribution in [0, 0.1) is 0 Å². The fourth-order valence-corrected chi connectivity index (χ4v) is 2.99. The zero-order valence-corrected chi connectivity index (χ0v) is 14.0. The van der Waals surface area contributed by atoms with Crippen LogP contribution in [0.2, 0.25) is 0 Å². The van der Waals surface area contributed by atoms with Crippen LogP contribution in [0.5, 0.6) is 0 Å². The fraction of sp³-hybridized carbons (Fsp3) is 0.923. The summed E-state index contributed by atoms with van der Waals surface area (Å²) < 4.78 is 30.1. The third-order valence-electron chi connectivity index (χ3n) is 3.35. The van der Waals surface area contributed by atoms with E-state index in [0.717, 1.165) is 32.2 Å². The lowest BCUT2D eigenvalue weighted by molar-refractivity contribution is -0.121. The first-order valence-corrected chi connectivity index (χ1v) is 9.12. The molecule has 1 heterocycles. The minimum absolute atomic E-state index is 0.0642. The highest BCUT2D eigenvalue weighted by Crippen LogP contribution is 2.10. The Kier molecular flexibility index (Phi) is 7.58. The molecule has 1 aliphatic rings. The minimum atomic E-state index is -3.37. The number of amides is 1. The molecule has 0 aromatic rings. The summed E-state index contributed by atoms with van der Waals surface area (Å²) in [5.41, 5.74) is 0. The molecule has 7 nitrogen and oxygen atoms in total. The van der Waals surface area contributed by atoms with Gasteiger partial charge >= 0.3 is 0 Å². The van der Waals surface area contributed by atoms with Gasteiger partial charge in [-0.3, -0.25) is 4.79 Å². The van der Waals surface area contributed by atoms with Gasteiger partial charge in [0.15, 0.2) is 0 Å². The topological polar surface area (TPSA) is 79.0 Å². The zero-order valence-electron chi connectivity index (χ0n) is 13.2. The molecule has 1 fully saturated rings. The van der Waals surface area contributed by atoms with E-state index in [9.17, 15) is 13.2 Å². The van der Waals surface area contributed by atoms with Gasteiger partial charge in [0.2, 0.25) is 15.9 Å². The van der Waals surface area contributed by atoms with Crippen molar-refractivity contribution in [3.05, 3.63) is 0 Å². The van der Waals surface area contributed by atoms with Crippen LogP contribution in [-0.4, -0.2) is 82.8 Å². The molecular weight excluding hydrogens is 294 g/mol.